The van der Waals surface area contributed by atoms with Crippen molar-refractivity contribution in [3.05, 3.63) is 11.6 Å². The van der Waals surface area contributed by atoms with E-state index < -0.39 is 17.9 Å². The third-order valence-electron chi connectivity index (χ3n) is 1.29. The Morgan fingerprint density at radius 2 is 2.15 bits per heavy atom. The van der Waals surface area contributed by atoms with E-state index in [-0.39, 0.29) is 18.1 Å². The fourth-order valence-corrected chi connectivity index (χ4v) is 0.890. The summed E-state index contributed by atoms with van der Waals surface area (Å²) in [6.07, 6.45) is -0.101. The maximum Gasteiger partial charge on any atom is 0.320 e. The highest BCUT2D eigenvalue weighted by atomic mass is 35.5. The summed E-state index contributed by atoms with van der Waals surface area (Å²) in [5, 5.41) is 8.74. The largest absolute Gasteiger partial charge is 0.481 e. The van der Waals surface area contributed by atoms with Gasteiger partial charge in [-0.05, 0) is 6.92 Å². The van der Waals surface area contributed by atoms with Gasteiger partial charge in [0.1, 0.15) is 0 Å². The van der Waals surface area contributed by atoms with Crippen molar-refractivity contribution >= 4 is 23.5 Å². The van der Waals surface area contributed by atoms with E-state index in [2.05, 4.69) is 11.3 Å². The van der Waals surface area contributed by atoms with Gasteiger partial charge in [0, 0.05) is 11.5 Å². The van der Waals surface area contributed by atoms with E-state index >= 15 is 0 Å². The molecule has 1 unspecified atom stereocenters. The van der Waals surface area contributed by atoms with Gasteiger partial charge in [-0.2, -0.15) is 0 Å². The summed E-state index contributed by atoms with van der Waals surface area (Å²) in [7, 11) is 0. The van der Waals surface area contributed by atoms with Gasteiger partial charge in [-0.15, -0.1) is 0 Å². The molecule has 0 aromatic rings. The minimum absolute atomic E-state index is 0.101. The van der Waals surface area contributed by atoms with Crippen molar-refractivity contribution < 1.29 is 19.4 Å². The second-order valence-corrected chi connectivity index (χ2v) is 2.90. The average Bonchev–Trinajstić information content (AvgIpc) is 1.99. The highest BCUT2D eigenvalue weighted by Gasteiger charge is 2.27. The zero-order chi connectivity index (χ0) is 10.4. The molecule has 4 nitrogen and oxygen atoms in total. The Hall–Kier alpha value is -1.03. The van der Waals surface area contributed by atoms with Gasteiger partial charge < -0.3 is 9.84 Å². The first kappa shape index (κ1) is 12.0. The van der Waals surface area contributed by atoms with Crippen LogP contribution in [0.1, 0.15) is 13.3 Å². The minimum atomic E-state index is -1.25. The van der Waals surface area contributed by atoms with Crippen molar-refractivity contribution in [1.29, 1.82) is 0 Å². The number of rotatable bonds is 5. The van der Waals surface area contributed by atoms with Gasteiger partial charge >= 0.3 is 11.9 Å². The number of carbonyl (C=O) groups is 2. The van der Waals surface area contributed by atoms with E-state index in [0.717, 1.165) is 0 Å². The van der Waals surface area contributed by atoms with Crippen molar-refractivity contribution in [2.24, 2.45) is 5.92 Å². The standard InChI is InChI=1S/C8H11ClO4/c1-3-13-8(12)6(7(10)11)4-5(2)9/h6H,2-4H2,1H3,(H,10,11). The van der Waals surface area contributed by atoms with E-state index in [1.165, 1.54) is 0 Å². The Balaban J connectivity index is 4.32. The number of allylic oxidation sites excluding steroid dienone is 1. The maximum atomic E-state index is 11.0. The van der Waals surface area contributed by atoms with Gasteiger partial charge in [0.25, 0.3) is 0 Å². The summed E-state index contributed by atoms with van der Waals surface area (Å²) in [5.74, 6) is -3.28. The lowest BCUT2D eigenvalue weighted by molar-refractivity contribution is -0.158. The summed E-state index contributed by atoms with van der Waals surface area (Å²) >= 11 is 5.40. The number of hydrogen-bond acceptors (Lipinski definition) is 3. The quantitative estimate of drug-likeness (QED) is 0.546. The van der Waals surface area contributed by atoms with Gasteiger partial charge in [0.15, 0.2) is 5.92 Å². The number of carboxylic acid groups (broad SMARTS) is 1. The molecule has 0 spiro atoms. The maximum absolute atomic E-state index is 11.0. The molecule has 0 saturated heterocycles. The lowest BCUT2D eigenvalue weighted by atomic mass is 10.1. The van der Waals surface area contributed by atoms with Crippen LogP contribution in [0.25, 0.3) is 0 Å². The Morgan fingerprint density at radius 3 is 2.46 bits per heavy atom. The van der Waals surface area contributed by atoms with Crippen molar-refractivity contribution in [3.8, 4) is 0 Å². The highest BCUT2D eigenvalue weighted by Crippen LogP contribution is 2.15. The van der Waals surface area contributed by atoms with Crippen LogP contribution in [0.3, 0.4) is 0 Å². The summed E-state index contributed by atoms with van der Waals surface area (Å²) in [5.41, 5.74) is 0. The van der Waals surface area contributed by atoms with Gasteiger partial charge in [0.2, 0.25) is 0 Å². The number of ether oxygens (including phenoxy) is 1. The predicted octanol–water partition coefficient (Wildman–Crippen LogP) is 1.39. The zero-order valence-corrected chi connectivity index (χ0v) is 8.00. The number of carboxylic acids is 1. The Bertz CT molecular complexity index is 224. The van der Waals surface area contributed by atoms with Crippen molar-refractivity contribution in [2.75, 3.05) is 6.61 Å². The van der Waals surface area contributed by atoms with E-state index in [4.69, 9.17) is 16.7 Å². The van der Waals surface area contributed by atoms with Crippen molar-refractivity contribution in [3.63, 3.8) is 0 Å². The van der Waals surface area contributed by atoms with E-state index in [1.807, 2.05) is 0 Å². The molecule has 0 radical (unpaired) electrons. The van der Waals surface area contributed by atoms with E-state index in [1.54, 1.807) is 6.92 Å². The molecule has 0 saturated carbocycles. The molecule has 0 aromatic heterocycles. The van der Waals surface area contributed by atoms with Gasteiger partial charge in [0.05, 0.1) is 6.61 Å². The van der Waals surface area contributed by atoms with Crippen molar-refractivity contribution in [1.82, 2.24) is 0 Å². The molecule has 0 rings (SSSR count). The van der Waals surface area contributed by atoms with Crippen LogP contribution in [0.5, 0.6) is 0 Å². The monoisotopic (exact) mass is 206 g/mol. The number of esters is 1. The number of hydrogen-bond donors (Lipinski definition) is 1. The molecule has 0 bridgehead atoms. The van der Waals surface area contributed by atoms with Crippen LogP contribution in [0.15, 0.2) is 11.6 Å². The number of halogens is 1. The van der Waals surface area contributed by atoms with Gasteiger partial charge in [-0.3, -0.25) is 9.59 Å². The Labute approximate surface area is 81.1 Å². The molecule has 0 fully saturated rings. The summed E-state index contributed by atoms with van der Waals surface area (Å²) < 4.78 is 4.55. The van der Waals surface area contributed by atoms with Crippen molar-refractivity contribution in [2.45, 2.75) is 13.3 Å². The molecule has 0 heterocycles. The number of aliphatic carboxylic acids is 1. The predicted molar refractivity (Wildman–Crippen MR) is 47.4 cm³/mol. The fourth-order valence-electron chi connectivity index (χ4n) is 0.736. The second-order valence-electron chi connectivity index (χ2n) is 2.36. The van der Waals surface area contributed by atoms with Gasteiger partial charge in [-0.25, -0.2) is 0 Å². The zero-order valence-electron chi connectivity index (χ0n) is 7.25. The number of carbonyl (C=O) groups excluding carboxylic acids is 1. The first-order chi connectivity index (χ1) is 5.99. The molecule has 13 heavy (non-hydrogen) atoms. The minimum Gasteiger partial charge on any atom is -0.481 e. The lowest BCUT2D eigenvalue weighted by Gasteiger charge is -2.09. The summed E-state index contributed by atoms with van der Waals surface area (Å²) in [6.45, 7) is 5.07. The van der Waals surface area contributed by atoms with Crippen LogP contribution >= 0.6 is 11.6 Å². The topological polar surface area (TPSA) is 63.6 Å². The molecule has 1 N–H and O–H groups in total. The second kappa shape index (κ2) is 5.59. The van der Waals surface area contributed by atoms with E-state index in [9.17, 15) is 9.59 Å². The van der Waals surface area contributed by atoms with Crippen LogP contribution in [0.4, 0.5) is 0 Å². The third kappa shape index (κ3) is 4.52. The van der Waals surface area contributed by atoms with Crippen LogP contribution in [0, 0.1) is 5.92 Å². The molecule has 0 aliphatic carbocycles. The molecule has 5 heteroatoms. The highest BCUT2D eigenvalue weighted by molar-refractivity contribution is 6.29. The molecule has 0 aromatic carbocycles. The molecule has 0 aliphatic heterocycles. The smallest absolute Gasteiger partial charge is 0.320 e. The first-order valence-corrected chi connectivity index (χ1v) is 4.09. The van der Waals surface area contributed by atoms with Crippen LogP contribution in [0.2, 0.25) is 0 Å². The molecular weight excluding hydrogens is 196 g/mol. The molecule has 0 aliphatic rings. The summed E-state index contributed by atoms with van der Waals surface area (Å²) in [6, 6.07) is 0. The molecule has 74 valence electrons. The first-order valence-electron chi connectivity index (χ1n) is 3.71. The normalized spacial score (nSPS) is 11.8. The SMILES string of the molecule is C=C(Cl)CC(C(=O)O)C(=O)OCC. The molecule has 0 amide bonds. The fraction of sp³-hybridized carbons (Fsp3) is 0.500. The van der Waals surface area contributed by atoms with Crippen LogP contribution in [-0.2, 0) is 14.3 Å². The third-order valence-corrected chi connectivity index (χ3v) is 1.45. The van der Waals surface area contributed by atoms with Gasteiger partial charge in [-0.1, -0.05) is 18.2 Å². The lowest BCUT2D eigenvalue weighted by Crippen LogP contribution is -2.25. The Kier molecular flexibility index (Phi) is 5.14. The van der Waals surface area contributed by atoms with Crippen LogP contribution in [-0.4, -0.2) is 23.7 Å². The Morgan fingerprint density at radius 1 is 1.62 bits per heavy atom. The van der Waals surface area contributed by atoms with E-state index in [0.29, 0.717) is 0 Å². The molecular formula is C8H11ClO4. The average molecular weight is 207 g/mol. The van der Waals surface area contributed by atoms with Crippen LogP contribution < -0.4 is 0 Å². The summed E-state index contributed by atoms with van der Waals surface area (Å²) in [4.78, 5) is 21.6. The molecule has 1 atom stereocenters.